The summed E-state index contributed by atoms with van der Waals surface area (Å²) in [6.45, 7) is 3.53. The van der Waals surface area contributed by atoms with Gasteiger partial charge in [0.1, 0.15) is 5.69 Å². The number of benzene rings is 1. The van der Waals surface area contributed by atoms with Crippen LogP contribution in [0, 0.1) is 6.92 Å². The fourth-order valence-electron chi connectivity index (χ4n) is 2.48. The van der Waals surface area contributed by atoms with Gasteiger partial charge in [-0.25, -0.2) is 9.97 Å². The Hall–Kier alpha value is -2.14. The number of halogens is 1. The Kier molecular flexibility index (Phi) is 4.24. The molecule has 0 spiro atoms. The Morgan fingerprint density at radius 1 is 1.27 bits per heavy atom. The van der Waals surface area contributed by atoms with E-state index in [2.05, 4.69) is 15.3 Å². The molecule has 1 N–H and O–H groups in total. The van der Waals surface area contributed by atoms with Gasteiger partial charge in [-0.1, -0.05) is 17.7 Å². The molecule has 22 heavy (non-hydrogen) atoms. The third-order valence-corrected chi connectivity index (χ3v) is 4.19. The van der Waals surface area contributed by atoms with E-state index < -0.39 is 0 Å². The maximum atomic E-state index is 12.4. The van der Waals surface area contributed by atoms with Crippen LogP contribution in [0.25, 0.3) is 0 Å². The van der Waals surface area contributed by atoms with E-state index in [1.807, 2.05) is 30.0 Å². The van der Waals surface area contributed by atoms with Crippen LogP contribution in [0.3, 0.4) is 0 Å². The van der Waals surface area contributed by atoms with Crippen LogP contribution in [-0.4, -0.2) is 33.9 Å². The Balaban J connectivity index is 1.82. The summed E-state index contributed by atoms with van der Waals surface area (Å²) in [6.07, 6.45) is 3.71. The number of hydrogen-bond donors (Lipinski definition) is 1. The standard InChI is InChI=1S/C16H17ClN4O/c1-11-12(17)5-4-6-13(11)19-16-18-8-7-14(20-16)15(22)21-9-2-3-10-21/h4-8H,2-3,9-10H2,1H3,(H,18,19,20). The van der Waals surface area contributed by atoms with Crippen molar-refractivity contribution in [2.75, 3.05) is 18.4 Å². The third kappa shape index (κ3) is 3.04. The van der Waals surface area contributed by atoms with Gasteiger partial charge in [0.25, 0.3) is 5.91 Å². The summed E-state index contributed by atoms with van der Waals surface area (Å²) in [4.78, 5) is 22.7. The molecule has 0 bridgehead atoms. The van der Waals surface area contributed by atoms with Crippen molar-refractivity contribution in [3.63, 3.8) is 0 Å². The topological polar surface area (TPSA) is 58.1 Å². The number of hydrogen-bond acceptors (Lipinski definition) is 4. The number of anilines is 2. The minimum atomic E-state index is -0.0363. The molecule has 0 aliphatic carbocycles. The lowest BCUT2D eigenvalue weighted by molar-refractivity contribution is 0.0787. The zero-order valence-corrected chi connectivity index (χ0v) is 13.1. The highest BCUT2D eigenvalue weighted by Gasteiger charge is 2.20. The number of nitrogens with zero attached hydrogens (tertiary/aromatic N) is 3. The molecule has 3 rings (SSSR count). The van der Waals surface area contributed by atoms with Crippen LogP contribution in [0.2, 0.25) is 5.02 Å². The van der Waals surface area contributed by atoms with Crippen molar-refractivity contribution in [1.82, 2.24) is 14.9 Å². The number of rotatable bonds is 3. The first-order chi connectivity index (χ1) is 10.6. The molecule has 1 aliphatic rings. The molecule has 5 nitrogen and oxygen atoms in total. The van der Waals surface area contributed by atoms with Crippen LogP contribution in [0.1, 0.15) is 28.9 Å². The second kappa shape index (κ2) is 6.32. The van der Waals surface area contributed by atoms with E-state index in [0.29, 0.717) is 16.7 Å². The quantitative estimate of drug-likeness (QED) is 0.942. The first kappa shape index (κ1) is 14.8. The van der Waals surface area contributed by atoms with Gasteiger partial charge in [0.15, 0.2) is 0 Å². The molecule has 0 unspecified atom stereocenters. The van der Waals surface area contributed by atoms with Crippen molar-refractivity contribution in [3.8, 4) is 0 Å². The predicted molar refractivity (Wildman–Crippen MR) is 86.6 cm³/mol. The summed E-state index contributed by atoms with van der Waals surface area (Å²) in [7, 11) is 0. The molecule has 1 aromatic carbocycles. The molecule has 1 aromatic heterocycles. The Labute approximate surface area is 134 Å². The largest absolute Gasteiger partial charge is 0.337 e. The minimum Gasteiger partial charge on any atom is -0.337 e. The lowest BCUT2D eigenvalue weighted by Crippen LogP contribution is -2.28. The minimum absolute atomic E-state index is 0.0363. The van der Waals surface area contributed by atoms with Crippen LogP contribution < -0.4 is 5.32 Å². The fraction of sp³-hybridized carbons (Fsp3) is 0.312. The zero-order chi connectivity index (χ0) is 15.5. The van der Waals surface area contributed by atoms with Gasteiger partial charge in [0.2, 0.25) is 5.95 Å². The molecule has 1 fully saturated rings. The van der Waals surface area contributed by atoms with Gasteiger partial charge in [-0.2, -0.15) is 0 Å². The average Bonchev–Trinajstić information content (AvgIpc) is 3.06. The van der Waals surface area contributed by atoms with E-state index in [1.54, 1.807) is 12.3 Å². The summed E-state index contributed by atoms with van der Waals surface area (Å²) in [6, 6.07) is 7.24. The molecule has 2 aromatic rings. The molecular weight excluding hydrogens is 300 g/mol. The molecule has 2 heterocycles. The number of carbonyl (C=O) groups excluding carboxylic acids is 1. The maximum Gasteiger partial charge on any atom is 0.272 e. The average molecular weight is 317 g/mol. The van der Waals surface area contributed by atoms with Crippen molar-refractivity contribution >= 4 is 29.1 Å². The number of carbonyl (C=O) groups is 1. The summed E-state index contributed by atoms with van der Waals surface area (Å²) in [5.74, 6) is 0.362. The van der Waals surface area contributed by atoms with E-state index in [4.69, 9.17) is 11.6 Å². The smallest absolute Gasteiger partial charge is 0.272 e. The van der Waals surface area contributed by atoms with E-state index in [-0.39, 0.29) is 5.91 Å². The number of aromatic nitrogens is 2. The van der Waals surface area contributed by atoms with E-state index >= 15 is 0 Å². The van der Waals surface area contributed by atoms with Crippen molar-refractivity contribution in [1.29, 1.82) is 0 Å². The molecular formula is C16H17ClN4O. The number of amides is 1. The van der Waals surface area contributed by atoms with Crippen LogP contribution in [0.4, 0.5) is 11.6 Å². The maximum absolute atomic E-state index is 12.4. The highest BCUT2D eigenvalue weighted by Crippen LogP contribution is 2.25. The van der Waals surface area contributed by atoms with E-state index in [1.165, 1.54) is 0 Å². The Morgan fingerprint density at radius 2 is 2.05 bits per heavy atom. The van der Waals surface area contributed by atoms with E-state index in [9.17, 15) is 4.79 Å². The molecule has 6 heteroatoms. The monoisotopic (exact) mass is 316 g/mol. The molecule has 0 radical (unpaired) electrons. The third-order valence-electron chi connectivity index (χ3n) is 3.78. The van der Waals surface area contributed by atoms with Crippen molar-refractivity contribution in [3.05, 3.63) is 46.7 Å². The van der Waals surface area contributed by atoms with Crippen molar-refractivity contribution in [2.24, 2.45) is 0 Å². The van der Waals surface area contributed by atoms with Gasteiger partial charge < -0.3 is 10.2 Å². The summed E-state index contributed by atoms with van der Waals surface area (Å²) in [5, 5.41) is 3.80. The van der Waals surface area contributed by atoms with Crippen LogP contribution >= 0.6 is 11.6 Å². The van der Waals surface area contributed by atoms with Crippen molar-refractivity contribution in [2.45, 2.75) is 19.8 Å². The lowest BCUT2D eigenvalue weighted by Gasteiger charge is -2.15. The van der Waals surface area contributed by atoms with Gasteiger partial charge in [-0.15, -0.1) is 0 Å². The summed E-state index contributed by atoms with van der Waals surface area (Å²) < 4.78 is 0. The molecule has 114 valence electrons. The van der Waals surface area contributed by atoms with Gasteiger partial charge in [0.05, 0.1) is 0 Å². The van der Waals surface area contributed by atoms with Gasteiger partial charge in [-0.3, -0.25) is 4.79 Å². The highest BCUT2D eigenvalue weighted by atomic mass is 35.5. The van der Waals surface area contributed by atoms with Crippen LogP contribution in [-0.2, 0) is 0 Å². The fourth-order valence-corrected chi connectivity index (χ4v) is 2.66. The van der Waals surface area contributed by atoms with Crippen LogP contribution in [0.15, 0.2) is 30.5 Å². The number of likely N-dealkylation sites (tertiary alicyclic amines) is 1. The van der Waals surface area contributed by atoms with Gasteiger partial charge in [-0.05, 0) is 43.5 Å². The zero-order valence-electron chi connectivity index (χ0n) is 12.3. The van der Waals surface area contributed by atoms with Crippen LogP contribution in [0.5, 0.6) is 0 Å². The molecule has 1 aliphatic heterocycles. The lowest BCUT2D eigenvalue weighted by atomic mass is 10.2. The molecule has 0 atom stereocenters. The SMILES string of the molecule is Cc1c(Cl)cccc1Nc1nccc(C(=O)N2CCCC2)n1. The summed E-state index contributed by atoms with van der Waals surface area (Å²) in [5.41, 5.74) is 2.17. The predicted octanol–water partition coefficient (Wildman–Crippen LogP) is 3.42. The first-order valence-corrected chi connectivity index (χ1v) is 7.67. The Morgan fingerprint density at radius 3 is 2.82 bits per heavy atom. The Bertz CT molecular complexity index is 698. The number of nitrogens with one attached hydrogen (secondary N) is 1. The molecule has 1 saturated heterocycles. The van der Waals surface area contributed by atoms with Crippen molar-refractivity contribution < 1.29 is 4.79 Å². The second-order valence-corrected chi connectivity index (χ2v) is 5.71. The normalized spacial score (nSPS) is 14.2. The van der Waals surface area contributed by atoms with E-state index in [0.717, 1.165) is 37.2 Å². The van der Waals surface area contributed by atoms with Gasteiger partial charge >= 0.3 is 0 Å². The first-order valence-electron chi connectivity index (χ1n) is 7.29. The summed E-state index contributed by atoms with van der Waals surface area (Å²) >= 11 is 6.11. The van der Waals surface area contributed by atoms with Gasteiger partial charge in [0, 0.05) is 30.0 Å². The molecule has 1 amide bonds. The highest BCUT2D eigenvalue weighted by molar-refractivity contribution is 6.31. The molecule has 0 saturated carbocycles. The second-order valence-electron chi connectivity index (χ2n) is 5.30.